The second-order valence-corrected chi connectivity index (χ2v) is 0. The van der Waals surface area contributed by atoms with Gasteiger partial charge in [0.25, 0.3) is 0 Å². The van der Waals surface area contributed by atoms with Gasteiger partial charge in [-0.15, -0.1) is 0 Å². The third-order valence-electron chi connectivity index (χ3n) is 0. The Balaban J connectivity index is 0. The van der Waals surface area contributed by atoms with Gasteiger partial charge in [0.05, 0.1) is 0 Å². The molecule has 1 nitrogen and oxygen atoms in total. The molecule has 0 rings (SSSR count). The van der Waals surface area contributed by atoms with Crippen LogP contribution in [0.15, 0.2) is 0 Å². The van der Waals surface area contributed by atoms with E-state index in [1.807, 2.05) is 0 Å². The first-order chi connectivity index (χ1) is 0. The van der Waals surface area contributed by atoms with Crippen molar-refractivity contribution in [3.63, 3.8) is 0 Å². The first kappa shape index (κ1) is 31.8. The van der Waals surface area contributed by atoms with Crippen molar-refractivity contribution in [1.82, 2.24) is 0 Å². The van der Waals surface area contributed by atoms with E-state index in [9.17, 15) is 0 Å². The average Bonchev–Trinajstić information content (AvgIpc) is 0. The molecule has 0 aliphatic carbocycles. The minimum Gasteiger partial charge on any atom is -1.00 e. The predicted octanol–water partition coefficient (Wildman–Crippen LogP) is -3.71. The van der Waals surface area contributed by atoms with Crippen molar-refractivity contribution in [2.24, 2.45) is 0 Å². The summed E-state index contributed by atoms with van der Waals surface area (Å²) < 4.78 is 0. The van der Waals surface area contributed by atoms with Crippen LogP contribution in [0.4, 0.5) is 0 Å². The van der Waals surface area contributed by atoms with Crippen molar-refractivity contribution in [2.75, 3.05) is 0 Å². The van der Waals surface area contributed by atoms with E-state index in [1.165, 1.54) is 0 Å². The summed E-state index contributed by atoms with van der Waals surface area (Å²) in [5, 5.41) is 0. The van der Waals surface area contributed by atoms with Crippen molar-refractivity contribution in [1.29, 1.82) is 0 Å². The van der Waals surface area contributed by atoms with Crippen molar-refractivity contribution in [3.05, 3.63) is 0 Å². The molecule has 0 aromatic rings. The van der Waals surface area contributed by atoms with Gasteiger partial charge >= 0.3 is 18.9 Å². The van der Waals surface area contributed by atoms with E-state index >= 15 is 0 Å². The third-order valence-corrected chi connectivity index (χ3v) is 0. The summed E-state index contributed by atoms with van der Waals surface area (Å²) in [6.07, 6.45) is 0. The summed E-state index contributed by atoms with van der Waals surface area (Å²) in [6.45, 7) is 0. The molecule has 4 heavy (non-hydrogen) atoms. The molecule has 0 aliphatic rings. The molecule has 0 saturated carbocycles. The molecule has 17 valence electrons. The number of hydrogen-bond donors (Lipinski definition) is 0. The van der Waals surface area contributed by atoms with Crippen molar-refractivity contribution in [3.8, 4) is 0 Å². The molecule has 0 spiro atoms. The molecule has 1 radical (unpaired) electrons. The van der Waals surface area contributed by atoms with Crippen molar-refractivity contribution in [2.45, 2.75) is 0 Å². The van der Waals surface area contributed by atoms with Crippen LogP contribution in [0, 0.1) is 35.6 Å². The summed E-state index contributed by atoms with van der Waals surface area (Å²) in [7, 11) is 0. The Labute approximate surface area is 81.7 Å². The molecule has 0 atom stereocenters. The van der Waals surface area contributed by atoms with Crippen molar-refractivity contribution < 1.29 is 83.1 Å². The quantitative estimate of drug-likeness (QED) is 0.370. The van der Waals surface area contributed by atoms with E-state index in [2.05, 4.69) is 0 Å². The minimum absolute atomic E-state index is 0. The van der Waals surface area contributed by atoms with Crippen molar-refractivity contribution >= 4 is 0 Å². The van der Waals surface area contributed by atoms with E-state index in [4.69, 9.17) is 0 Å². The third kappa shape index (κ3) is 8.82. The van der Waals surface area contributed by atoms with E-state index in [1.54, 1.807) is 0 Å². The van der Waals surface area contributed by atoms with Crippen LogP contribution in [0.3, 0.4) is 0 Å². The fourth-order valence-electron chi connectivity index (χ4n) is 0. The molecular weight excluding hydrogens is 210 g/mol. The number of hydrogen-bond acceptors (Lipinski definition) is 0. The van der Waals surface area contributed by atoms with Gasteiger partial charge in [0.1, 0.15) is 0 Å². The van der Waals surface area contributed by atoms with Gasteiger partial charge in [-0.1, -0.05) is 0 Å². The van der Waals surface area contributed by atoms with E-state index in [0.29, 0.717) is 0 Å². The van der Waals surface area contributed by atoms with Crippen LogP contribution < -0.4 is 18.9 Å². The molecule has 0 fully saturated rings. The normalized spacial score (nSPS) is 0. The number of rotatable bonds is 0. The largest absolute Gasteiger partial charge is 1.00 e. The Morgan fingerprint density at radius 2 is 1.25 bits per heavy atom. The monoisotopic (exact) mass is 213 g/mol. The summed E-state index contributed by atoms with van der Waals surface area (Å²) in [4.78, 5) is 0. The van der Waals surface area contributed by atoms with Crippen LogP contribution in [0.25, 0.3) is 0 Å². The van der Waals surface area contributed by atoms with Gasteiger partial charge in [0.2, 0.25) is 0 Å². The Morgan fingerprint density at radius 1 is 1.25 bits per heavy atom. The Kier molecular flexibility index (Phi) is 142. The van der Waals surface area contributed by atoms with Crippen LogP contribution in [-0.2, 0) is 21.7 Å². The molecule has 0 saturated heterocycles. The molecule has 0 aliphatic heterocycles. The van der Waals surface area contributed by atoms with E-state index < -0.39 is 0 Å². The van der Waals surface area contributed by atoms with Gasteiger partial charge in [-0.05, 0) is 0 Å². The zero-order valence-electron chi connectivity index (χ0n) is 3.58. The van der Waals surface area contributed by atoms with Crippen LogP contribution in [0.1, 0.15) is 1.43 Å². The average molecular weight is 213 g/mol. The second kappa shape index (κ2) is 17.9. The van der Waals surface area contributed by atoms with Gasteiger partial charge < -0.3 is 6.90 Å². The Morgan fingerprint density at radius 3 is 1.25 bits per heavy atom. The van der Waals surface area contributed by atoms with Gasteiger partial charge in [-0.25, -0.2) is 0 Å². The molecule has 2 N–H and O–H groups in total. The molecular formula is H3LaLiOTi. The molecule has 0 heterocycles. The van der Waals surface area contributed by atoms with E-state index in [0.717, 1.165) is 0 Å². The Hall–Kier alpha value is 2.47. The molecule has 0 aromatic heterocycles. The van der Waals surface area contributed by atoms with E-state index in [-0.39, 0.29) is 83.1 Å². The fraction of sp³-hybridized carbons (Fsp3) is 0. The van der Waals surface area contributed by atoms with Gasteiger partial charge in [0, 0.05) is 57.3 Å². The minimum atomic E-state index is 0. The maximum absolute atomic E-state index is 0. The van der Waals surface area contributed by atoms with Gasteiger partial charge in [-0.2, -0.15) is 0 Å². The van der Waals surface area contributed by atoms with Crippen LogP contribution in [0.5, 0.6) is 0 Å². The Bertz CT molecular complexity index is 11.6. The maximum Gasteiger partial charge on any atom is 1.00 e. The summed E-state index contributed by atoms with van der Waals surface area (Å²) >= 11 is 0. The zero-order valence-corrected chi connectivity index (χ0v) is 7.76. The van der Waals surface area contributed by atoms with Crippen LogP contribution in [0.2, 0.25) is 0 Å². The SMILES string of the molecule is O.[H-].[La].[Li+].[Ti]. The molecule has 0 bridgehead atoms. The summed E-state index contributed by atoms with van der Waals surface area (Å²) in [6, 6.07) is 0. The maximum atomic E-state index is 0. The van der Waals surface area contributed by atoms with Crippen LogP contribution >= 0.6 is 0 Å². The standard InChI is InChI=1S/La.Li.H2O.Ti.H/h;;1H2;;/q;+1;;;-1. The topological polar surface area (TPSA) is 31.5 Å². The van der Waals surface area contributed by atoms with Gasteiger partial charge in [-0.3, -0.25) is 0 Å². The first-order valence-electron chi connectivity index (χ1n) is 0. The zero-order chi connectivity index (χ0) is 0. The predicted molar refractivity (Wildman–Crippen MR) is 4.73 cm³/mol. The molecule has 0 unspecified atom stereocenters. The van der Waals surface area contributed by atoms with Gasteiger partial charge in [0.15, 0.2) is 0 Å². The molecule has 0 amide bonds. The molecule has 4 heteroatoms. The summed E-state index contributed by atoms with van der Waals surface area (Å²) in [5.41, 5.74) is 0. The fourth-order valence-corrected chi connectivity index (χ4v) is 0. The molecule has 0 aromatic carbocycles. The first-order valence-corrected chi connectivity index (χ1v) is 0. The smallest absolute Gasteiger partial charge is 1.00 e. The second-order valence-electron chi connectivity index (χ2n) is 0. The van der Waals surface area contributed by atoms with Crippen LogP contribution in [-0.4, -0.2) is 5.48 Å². The summed E-state index contributed by atoms with van der Waals surface area (Å²) in [5.74, 6) is 0.